The Kier molecular flexibility index (Phi) is 6.43. The first-order valence-corrected chi connectivity index (χ1v) is 10.2. The molecule has 3 aromatic carbocycles. The second-order valence-corrected chi connectivity index (χ2v) is 7.21. The van der Waals surface area contributed by atoms with E-state index in [0.717, 1.165) is 24.0 Å². The minimum atomic E-state index is -0.306. The van der Waals surface area contributed by atoms with E-state index < -0.39 is 0 Å². The minimum absolute atomic E-state index is 0.100. The average molecular weight is 411 g/mol. The van der Waals surface area contributed by atoms with Gasteiger partial charge in [0, 0.05) is 17.5 Å². The number of aromatic nitrogens is 2. The molecular weight excluding hydrogens is 389 g/mol. The molecule has 0 aliphatic rings. The first kappa shape index (κ1) is 20.4. The van der Waals surface area contributed by atoms with Crippen LogP contribution in [0, 0.1) is 5.82 Å². The van der Waals surface area contributed by atoms with E-state index in [9.17, 15) is 9.18 Å². The number of carbonyl (C=O) groups is 1. The number of rotatable bonds is 7. The van der Waals surface area contributed by atoms with E-state index in [1.165, 1.54) is 17.7 Å². The molecule has 0 aliphatic heterocycles. The van der Waals surface area contributed by atoms with Gasteiger partial charge in [-0.15, -0.1) is 0 Å². The van der Waals surface area contributed by atoms with E-state index in [4.69, 9.17) is 4.98 Å². The fourth-order valence-electron chi connectivity index (χ4n) is 3.33. The molecule has 1 heterocycles. The lowest BCUT2D eigenvalue weighted by Crippen LogP contribution is -2.14. The van der Waals surface area contributed by atoms with E-state index in [0.29, 0.717) is 23.6 Å². The van der Waals surface area contributed by atoms with Crippen LogP contribution in [-0.4, -0.2) is 15.9 Å². The fourth-order valence-corrected chi connectivity index (χ4v) is 3.33. The third-order valence-corrected chi connectivity index (χ3v) is 4.93. The molecule has 0 unspecified atom stereocenters. The zero-order valence-corrected chi connectivity index (χ0v) is 17.0. The summed E-state index contributed by atoms with van der Waals surface area (Å²) in [5.41, 5.74) is 4.01. The van der Waals surface area contributed by atoms with Crippen molar-refractivity contribution in [2.24, 2.45) is 0 Å². The molecule has 0 atom stereocenters. The summed E-state index contributed by atoms with van der Waals surface area (Å²) in [5, 5.41) is 2.91. The largest absolute Gasteiger partial charge is 0.309 e. The molecule has 1 aromatic heterocycles. The maximum Gasteiger partial charge on any atom is 0.225 e. The Hall–Kier alpha value is -3.86. The van der Waals surface area contributed by atoms with E-state index in [2.05, 4.69) is 22.4 Å². The van der Waals surface area contributed by atoms with Gasteiger partial charge in [0.2, 0.25) is 5.91 Å². The molecule has 0 radical (unpaired) electrons. The Morgan fingerprint density at radius 3 is 2.23 bits per heavy atom. The van der Waals surface area contributed by atoms with Gasteiger partial charge in [0.1, 0.15) is 11.5 Å². The lowest BCUT2D eigenvalue weighted by Gasteiger charge is -2.12. The van der Waals surface area contributed by atoms with Gasteiger partial charge >= 0.3 is 0 Å². The molecule has 0 fully saturated rings. The second kappa shape index (κ2) is 9.76. The molecule has 0 spiro atoms. The fraction of sp³-hybridized carbons (Fsp3) is 0.115. The van der Waals surface area contributed by atoms with Crippen LogP contribution in [0.2, 0.25) is 0 Å². The number of anilines is 1. The van der Waals surface area contributed by atoms with Crippen LogP contribution < -0.4 is 5.32 Å². The molecule has 4 rings (SSSR count). The van der Waals surface area contributed by atoms with Crippen molar-refractivity contribution in [3.05, 3.63) is 103 Å². The van der Waals surface area contributed by atoms with Crippen molar-refractivity contribution in [3.63, 3.8) is 0 Å². The van der Waals surface area contributed by atoms with Crippen molar-refractivity contribution in [2.75, 3.05) is 5.32 Å². The first-order valence-electron chi connectivity index (χ1n) is 10.2. The van der Waals surface area contributed by atoms with Crippen molar-refractivity contribution >= 4 is 11.7 Å². The summed E-state index contributed by atoms with van der Waals surface area (Å²) in [7, 11) is 0. The summed E-state index contributed by atoms with van der Waals surface area (Å²) in [6.07, 6.45) is 3.58. The number of halogens is 1. The van der Waals surface area contributed by atoms with Crippen molar-refractivity contribution in [1.29, 1.82) is 0 Å². The van der Waals surface area contributed by atoms with Crippen LogP contribution in [0.5, 0.6) is 0 Å². The lowest BCUT2D eigenvalue weighted by atomic mass is 10.1. The van der Waals surface area contributed by atoms with E-state index >= 15 is 0 Å². The molecule has 5 heteroatoms. The quantitative estimate of drug-likeness (QED) is 0.411. The van der Waals surface area contributed by atoms with Crippen molar-refractivity contribution < 1.29 is 9.18 Å². The zero-order valence-electron chi connectivity index (χ0n) is 17.0. The molecule has 31 heavy (non-hydrogen) atoms. The molecular formula is C26H22FN3O. The van der Waals surface area contributed by atoms with Crippen LogP contribution >= 0.6 is 0 Å². The zero-order chi connectivity index (χ0) is 21.5. The van der Waals surface area contributed by atoms with Crippen molar-refractivity contribution in [3.8, 4) is 22.5 Å². The van der Waals surface area contributed by atoms with Gasteiger partial charge in [0.25, 0.3) is 0 Å². The van der Waals surface area contributed by atoms with Gasteiger partial charge in [0.15, 0.2) is 5.82 Å². The normalized spacial score (nSPS) is 10.6. The molecule has 0 aliphatic carbocycles. The first-order chi connectivity index (χ1) is 15.2. The Bertz CT molecular complexity index is 1150. The highest BCUT2D eigenvalue weighted by molar-refractivity contribution is 5.93. The number of amides is 1. The second-order valence-electron chi connectivity index (χ2n) is 7.21. The molecule has 4 aromatic rings. The number of nitrogens with zero attached hydrogens (tertiary/aromatic N) is 2. The SMILES string of the molecule is O=C(CCCc1ccccc1)Nc1ncc(-c2ccc(F)cc2)nc1-c1ccccc1. The summed E-state index contributed by atoms with van der Waals surface area (Å²) >= 11 is 0. The Morgan fingerprint density at radius 2 is 1.52 bits per heavy atom. The number of hydrogen-bond acceptors (Lipinski definition) is 3. The van der Waals surface area contributed by atoms with Crippen LogP contribution in [0.25, 0.3) is 22.5 Å². The highest BCUT2D eigenvalue weighted by Crippen LogP contribution is 2.28. The predicted octanol–water partition coefficient (Wildman–Crippen LogP) is 5.91. The summed E-state index contributed by atoms with van der Waals surface area (Å²) in [5.74, 6) is 0.0121. The van der Waals surface area contributed by atoms with Crippen LogP contribution in [0.3, 0.4) is 0 Å². The van der Waals surface area contributed by atoms with Crippen LogP contribution in [0.4, 0.5) is 10.2 Å². The Morgan fingerprint density at radius 1 is 0.839 bits per heavy atom. The molecule has 1 N–H and O–H groups in total. The number of aryl methyl sites for hydroxylation is 1. The van der Waals surface area contributed by atoms with Gasteiger partial charge in [0.05, 0.1) is 11.9 Å². The maximum absolute atomic E-state index is 13.3. The standard InChI is InChI=1S/C26H22FN3O/c27-22-16-14-20(15-17-22)23-18-28-26(25(29-23)21-11-5-2-6-12-21)30-24(31)13-7-10-19-8-3-1-4-9-19/h1-6,8-9,11-12,14-18H,7,10,13H2,(H,28,30,31). The third-order valence-electron chi connectivity index (χ3n) is 4.93. The molecule has 0 bridgehead atoms. The summed E-state index contributed by atoms with van der Waals surface area (Å²) in [6, 6.07) is 25.8. The molecule has 154 valence electrons. The number of carbonyl (C=O) groups excluding carboxylic acids is 1. The molecule has 0 saturated carbocycles. The van der Waals surface area contributed by atoms with Crippen LogP contribution in [0.1, 0.15) is 18.4 Å². The van der Waals surface area contributed by atoms with E-state index in [1.54, 1.807) is 18.3 Å². The monoisotopic (exact) mass is 411 g/mol. The predicted molar refractivity (Wildman–Crippen MR) is 121 cm³/mol. The van der Waals surface area contributed by atoms with Crippen molar-refractivity contribution in [1.82, 2.24) is 9.97 Å². The van der Waals surface area contributed by atoms with Gasteiger partial charge in [-0.3, -0.25) is 4.79 Å². The number of benzene rings is 3. The topological polar surface area (TPSA) is 54.9 Å². The Balaban J connectivity index is 1.53. The Labute approximate surface area is 180 Å². The molecule has 4 nitrogen and oxygen atoms in total. The summed E-state index contributed by atoms with van der Waals surface area (Å²) < 4.78 is 13.3. The summed E-state index contributed by atoms with van der Waals surface area (Å²) in [4.78, 5) is 21.8. The highest BCUT2D eigenvalue weighted by Gasteiger charge is 2.14. The van der Waals surface area contributed by atoms with Crippen LogP contribution in [0.15, 0.2) is 91.1 Å². The van der Waals surface area contributed by atoms with Crippen LogP contribution in [-0.2, 0) is 11.2 Å². The molecule has 1 amide bonds. The average Bonchev–Trinajstić information content (AvgIpc) is 2.81. The van der Waals surface area contributed by atoms with Gasteiger partial charge in [-0.05, 0) is 42.7 Å². The molecule has 0 saturated heterocycles. The van der Waals surface area contributed by atoms with E-state index in [1.807, 2.05) is 48.5 Å². The van der Waals surface area contributed by atoms with Gasteiger partial charge < -0.3 is 5.32 Å². The van der Waals surface area contributed by atoms with Gasteiger partial charge in [-0.1, -0.05) is 60.7 Å². The third kappa shape index (κ3) is 5.39. The lowest BCUT2D eigenvalue weighted by molar-refractivity contribution is -0.116. The smallest absolute Gasteiger partial charge is 0.225 e. The van der Waals surface area contributed by atoms with E-state index in [-0.39, 0.29) is 11.7 Å². The minimum Gasteiger partial charge on any atom is -0.309 e. The highest BCUT2D eigenvalue weighted by atomic mass is 19.1. The van der Waals surface area contributed by atoms with Gasteiger partial charge in [-0.2, -0.15) is 0 Å². The number of hydrogen-bond donors (Lipinski definition) is 1. The maximum atomic E-state index is 13.3. The summed E-state index contributed by atoms with van der Waals surface area (Å²) in [6.45, 7) is 0. The number of nitrogens with one attached hydrogen (secondary N) is 1. The van der Waals surface area contributed by atoms with Gasteiger partial charge in [-0.25, -0.2) is 14.4 Å². The van der Waals surface area contributed by atoms with Crippen molar-refractivity contribution in [2.45, 2.75) is 19.3 Å².